The van der Waals surface area contributed by atoms with Crippen LogP contribution < -0.4 is 5.32 Å². The number of ether oxygens (including phenoxy) is 1. The Morgan fingerprint density at radius 1 is 1.25 bits per heavy atom. The van der Waals surface area contributed by atoms with Crippen LogP contribution in [0.5, 0.6) is 0 Å². The van der Waals surface area contributed by atoms with E-state index < -0.39 is 5.60 Å². The molecule has 0 radical (unpaired) electrons. The molecule has 1 N–H and O–H groups in total. The number of halogens is 2. The van der Waals surface area contributed by atoms with E-state index in [9.17, 15) is 4.79 Å². The maximum absolute atomic E-state index is 11.6. The Bertz CT molecular complexity index is 253. The van der Waals surface area contributed by atoms with Crippen LogP contribution in [-0.4, -0.2) is 27.4 Å². The molecule has 1 aliphatic carbocycles. The van der Waals surface area contributed by atoms with E-state index >= 15 is 0 Å². The summed E-state index contributed by atoms with van der Waals surface area (Å²) >= 11 is 7.21. The Kier molecular flexibility index (Phi) is 5.10. The van der Waals surface area contributed by atoms with Gasteiger partial charge in [-0.3, -0.25) is 0 Å². The molecule has 1 fully saturated rings. The molecule has 1 amide bonds. The van der Waals surface area contributed by atoms with Crippen LogP contribution in [-0.2, 0) is 4.74 Å². The molecular formula is C11H19Br2NO2. The molecule has 0 aromatic carbocycles. The zero-order valence-corrected chi connectivity index (χ0v) is 13.1. The van der Waals surface area contributed by atoms with Gasteiger partial charge in [-0.25, -0.2) is 4.79 Å². The Balaban J connectivity index is 2.35. The smallest absolute Gasteiger partial charge is 0.407 e. The van der Waals surface area contributed by atoms with Crippen molar-refractivity contribution in [1.82, 2.24) is 5.32 Å². The van der Waals surface area contributed by atoms with E-state index in [1.165, 1.54) is 0 Å². The minimum absolute atomic E-state index is 0.216. The predicted molar refractivity (Wildman–Crippen MR) is 72.4 cm³/mol. The van der Waals surface area contributed by atoms with Crippen LogP contribution in [0.1, 0.15) is 40.0 Å². The molecule has 3 nitrogen and oxygen atoms in total. The summed E-state index contributed by atoms with van der Waals surface area (Å²) in [6.07, 6.45) is 2.69. The second kappa shape index (κ2) is 5.71. The fourth-order valence-corrected chi connectivity index (χ4v) is 2.88. The van der Waals surface area contributed by atoms with Crippen LogP contribution in [0.25, 0.3) is 0 Å². The Morgan fingerprint density at radius 2 is 1.88 bits per heavy atom. The molecule has 0 saturated heterocycles. The van der Waals surface area contributed by atoms with Crippen molar-refractivity contribution in [3.8, 4) is 0 Å². The fraction of sp³-hybridized carbons (Fsp3) is 0.909. The van der Waals surface area contributed by atoms with E-state index in [4.69, 9.17) is 4.74 Å². The number of alkyl halides is 2. The number of amides is 1. The molecule has 0 aromatic heterocycles. The molecule has 0 bridgehead atoms. The first kappa shape index (κ1) is 14.3. The second-order valence-corrected chi connectivity index (χ2v) is 7.54. The van der Waals surface area contributed by atoms with Gasteiger partial charge in [0.2, 0.25) is 0 Å². The van der Waals surface area contributed by atoms with Crippen molar-refractivity contribution < 1.29 is 9.53 Å². The SMILES string of the molecule is CC(C)(C)OC(=O)N[C@H]1CC[C@@H](Br)[C@H](Br)C1. The highest BCUT2D eigenvalue weighted by molar-refractivity contribution is 9.12. The van der Waals surface area contributed by atoms with Crippen LogP contribution >= 0.6 is 31.9 Å². The summed E-state index contributed by atoms with van der Waals surface area (Å²) < 4.78 is 5.23. The largest absolute Gasteiger partial charge is 0.444 e. The molecule has 16 heavy (non-hydrogen) atoms. The lowest BCUT2D eigenvalue weighted by Crippen LogP contribution is -2.43. The third-order valence-electron chi connectivity index (χ3n) is 2.41. The van der Waals surface area contributed by atoms with Gasteiger partial charge in [0.25, 0.3) is 0 Å². The lowest BCUT2D eigenvalue weighted by molar-refractivity contribution is 0.0495. The van der Waals surface area contributed by atoms with Crippen molar-refractivity contribution in [3.05, 3.63) is 0 Å². The first-order valence-electron chi connectivity index (χ1n) is 5.55. The standard InChI is InChI=1S/C11H19Br2NO2/c1-11(2,3)16-10(15)14-7-4-5-8(12)9(13)6-7/h7-9H,4-6H2,1-3H3,(H,14,15)/t7-,8+,9+/m0/s1. The van der Waals surface area contributed by atoms with Crippen LogP contribution in [0.15, 0.2) is 0 Å². The first-order valence-corrected chi connectivity index (χ1v) is 7.39. The summed E-state index contributed by atoms with van der Waals surface area (Å²) in [5, 5.41) is 2.91. The molecule has 0 aliphatic heterocycles. The molecule has 0 unspecified atom stereocenters. The molecule has 0 heterocycles. The van der Waals surface area contributed by atoms with Crippen molar-refractivity contribution in [3.63, 3.8) is 0 Å². The van der Waals surface area contributed by atoms with Crippen LogP contribution in [0.2, 0.25) is 0 Å². The molecule has 1 rings (SSSR count). The minimum Gasteiger partial charge on any atom is -0.444 e. The van der Waals surface area contributed by atoms with Crippen molar-refractivity contribution in [1.29, 1.82) is 0 Å². The van der Waals surface area contributed by atoms with E-state index in [-0.39, 0.29) is 12.1 Å². The summed E-state index contributed by atoms with van der Waals surface area (Å²) in [7, 11) is 0. The van der Waals surface area contributed by atoms with Gasteiger partial charge < -0.3 is 10.1 Å². The van der Waals surface area contributed by atoms with E-state index in [0.29, 0.717) is 9.65 Å². The van der Waals surface area contributed by atoms with Gasteiger partial charge in [-0.05, 0) is 40.0 Å². The lowest BCUT2D eigenvalue weighted by atomic mass is 9.95. The highest BCUT2D eigenvalue weighted by Gasteiger charge is 2.28. The Hall–Kier alpha value is 0.230. The quantitative estimate of drug-likeness (QED) is 0.729. The van der Waals surface area contributed by atoms with Gasteiger partial charge in [0.05, 0.1) is 0 Å². The topological polar surface area (TPSA) is 38.3 Å². The van der Waals surface area contributed by atoms with E-state index in [0.717, 1.165) is 19.3 Å². The van der Waals surface area contributed by atoms with Gasteiger partial charge in [-0.1, -0.05) is 31.9 Å². The summed E-state index contributed by atoms with van der Waals surface area (Å²) in [6.45, 7) is 5.61. The number of carbonyl (C=O) groups excluding carboxylic acids is 1. The molecule has 0 aromatic rings. The molecule has 0 spiro atoms. The summed E-state index contributed by atoms with van der Waals surface area (Å²) in [6, 6.07) is 0.216. The number of carbonyl (C=O) groups is 1. The molecule has 1 aliphatic rings. The average molecular weight is 357 g/mol. The number of hydrogen-bond donors (Lipinski definition) is 1. The third kappa shape index (κ3) is 5.04. The minimum atomic E-state index is -0.426. The van der Waals surface area contributed by atoms with E-state index in [1.54, 1.807) is 0 Å². The van der Waals surface area contributed by atoms with Crippen molar-refractivity contribution in [2.24, 2.45) is 0 Å². The Labute approximate surface area is 114 Å². The van der Waals surface area contributed by atoms with Crippen molar-refractivity contribution in [2.45, 2.75) is 61.3 Å². The van der Waals surface area contributed by atoms with Crippen molar-refractivity contribution >= 4 is 38.0 Å². The van der Waals surface area contributed by atoms with Gasteiger partial charge in [-0.2, -0.15) is 0 Å². The van der Waals surface area contributed by atoms with Crippen LogP contribution in [0, 0.1) is 0 Å². The highest BCUT2D eigenvalue weighted by atomic mass is 79.9. The third-order valence-corrected chi connectivity index (χ3v) is 5.23. The molecular weight excluding hydrogens is 338 g/mol. The number of hydrogen-bond acceptors (Lipinski definition) is 2. The average Bonchev–Trinajstić information content (AvgIpc) is 2.08. The van der Waals surface area contributed by atoms with Crippen molar-refractivity contribution in [2.75, 3.05) is 0 Å². The first-order chi connectivity index (χ1) is 7.28. The number of rotatable bonds is 1. The highest BCUT2D eigenvalue weighted by Crippen LogP contribution is 2.30. The van der Waals surface area contributed by atoms with Gasteiger partial charge in [0.1, 0.15) is 5.60 Å². The normalized spacial score (nSPS) is 30.9. The van der Waals surface area contributed by atoms with Gasteiger partial charge in [0, 0.05) is 15.7 Å². The van der Waals surface area contributed by atoms with Gasteiger partial charge in [0.15, 0.2) is 0 Å². The molecule has 5 heteroatoms. The summed E-state index contributed by atoms with van der Waals surface area (Å²) in [4.78, 5) is 12.5. The maximum Gasteiger partial charge on any atom is 0.407 e. The summed E-state index contributed by atoms with van der Waals surface area (Å²) in [5.41, 5.74) is -0.426. The molecule has 3 atom stereocenters. The fourth-order valence-electron chi connectivity index (χ4n) is 1.68. The zero-order valence-electron chi connectivity index (χ0n) is 9.93. The molecule has 1 saturated carbocycles. The molecule has 94 valence electrons. The Morgan fingerprint density at radius 3 is 2.38 bits per heavy atom. The van der Waals surface area contributed by atoms with Gasteiger partial charge in [-0.15, -0.1) is 0 Å². The van der Waals surface area contributed by atoms with E-state index in [1.807, 2.05) is 20.8 Å². The van der Waals surface area contributed by atoms with Crippen LogP contribution in [0.4, 0.5) is 4.79 Å². The number of alkyl carbamates (subject to hydrolysis) is 1. The van der Waals surface area contributed by atoms with Gasteiger partial charge >= 0.3 is 6.09 Å². The number of nitrogens with one attached hydrogen (secondary N) is 1. The zero-order chi connectivity index (χ0) is 12.3. The predicted octanol–water partition coefficient (Wildman–Crippen LogP) is 3.59. The lowest BCUT2D eigenvalue weighted by Gasteiger charge is -2.31. The van der Waals surface area contributed by atoms with E-state index in [2.05, 4.69) is 37.2 Å². The monoisotopic (exact) mass is 355 g/mol. The summed E-state index contributed by atoms with van der Waals surface area (Å²) in [5.74, 6) is 0. The maximum atomic E-state index is 11.6. The van der Waals surface area contributed by atoms with Crippen LogP contribution in [0.3, 0.4) is 0 Å². The second-order valence-electron chi connectivity index (χ2n) is 5.19.